The zero-order chi connectivity index (χ0) is 23.3. The highest BCUT2D eigenvalue weighted by molar-refractivity contribution is 6.59. The molecular formula is C22H28BFN6O2. The predicted octanol–water partition coefficient (Wildman–Crippen LogP) is 3.57. The standard InChI is InChI=1S/C12H12FN5.C8H13BO2.C2H3N/c1-6-2-9(18-11(14)10(6)13)7-4-16-12-8(7)3-15-5-17-12;10-8(11)7-5-9-3-1-6(7)2-4-9;1-2-3/h2-5,11,18H,14H2,1H3,(H,15,16,17);6-7H,1-5H2,(H,10,11);1H3. The van der Waals surface area contributed by atoms with Crippen molar-refractivity contribution in [3.63, 3.8) is 0 Å². The second kappa shape index (κ2) is 10.4. The van der Waals surface area contributed by atoms with Gasteiger partial charge in [0.15, 0.2) is 0 Å². The van der Waals surface area contributed by atoms with Gasteiger partial charge in [-0.1, -0.05) is 31.8 Å². The van der Waals surface area contributed by atoms with E-state index in [1.165, 1.54) is 38.7 Å². The van der Waals surface area contributed by atoms with Crippen LogP contribution in [0.25, 0.3) is 16.7 Å². The summed E-state index contributed by atoms with van der Waals surface area (Å²) in [5.41, 5.74) is 8.60. The zero-order valence-corrected chi connectivity index (χ0v) is 18.3. The Kier molecular flexibility index (Phi) is 7.64. The van der Waals surface area contributed by atoms with Gasteiger partial charge in [-0.2, -0.15) is 5.26 Å². The zero-order valence-electron chi connectivity index (χ0n) is 18.3. The molecule has 0 aromatic carbocycles. The normalized spacial score (nSPS) is 23.8. The van der Waals surface area contributed by atoms with Gasteiger partial charge in [0.2, 0.25) is 0 Å². The summed E-state index contributed by atoms with van der Waals surface area (Å²) in [6.07, 6.45) is 11.8. The highest BCUT2D eigenvalue weighted by atomic mass is 19.1. The highest BCUT2D eigenvalue weighted by Crippen LogP contribution is 2.42. The Balaban J connectivity index is 0.000000176. The quantitative estimate of drug-likeness (QED) is 0.526. The van der Waals surface area contributed by atoms with Crippen molar-refractivity contribution in [2.75, 3.05) is 0 Å². The van der Waals surface area contributed by atoms with Crippen LogP contribution < -0.4 is 11.1 Å². The molecule has 0 radical (unpaired) electrons. The van der Waals surface area contributed by atoms with Crippen LogP contribution in [0.3, 0.4) is 0 Å². The lowest BCUT2D eigenvalue weighted by Crippen LogP contribution is -2.39. The maximum absolute atomic E-state index is 13.5. The maximum Gasteiger partial charge on any atom is 0.306 e. The first-order chi connectivity index (χ1) is 15.3. The molecule has 168 valence electrons. The molecule has 2 atom stereocenters. The van der Waals surface area contributed by atoms with Gasteiger partial charge < -0.3 is 21.1 Å². The van der Waals surface area contributed by atoms with E-state index in [1.54, 1.807) is 31.5 Å². The van der Waals surface area contributed by atoms with Crippen LogP contribution in [0.5, 0.6) is 0 Å². The summed E-state index contributed by atoms with van der Waals surface area (Å²) in [6, 6.07) is 1.75. The SMILES string of the molecule is CC#N.CC1=C(F)C(N)NC(c2c[nH]c3ncncc23)=C1.O=C(O)C1CB2CCC1CC2. The maximum atomic E-state index is 13.5. The van der Waals surface area contributed by atoms with E-state index in [2.05, 4.69) is 20.3 Å². The molecule has 3 fully saturated rings. The summed E-state index contributed by atoms with van der Waals surface area (Å²) < 4.78 is 13.5. The number of nitrogens with two attached hydrogens (primary N) is 1. The van der Waals surface area contributed by atoms with Crippen LogP contribution in [-0.4, -0.2) is 38.9 Å². The molecular weight excluding hydrogens is 410 g/mol. The lowest BCUT2D eigenvalue weighted by Gasteiger charge is -2.38. The molecule has 8 nitrogen and oxygen atoms in total. The number of halogens is 1. The number of nitriles is 1. The van der Waals surface area contributed by atoms with Gasteiger partial charge in [0.05, 0.1) is 12.0 Å². The van der Waals surface area contributed by atoms with Crippen LogP contribution in [0.1, 0.15) is 32.3 Å². The van der Waals surface area contributed by atoms with E-state index in [0.29, 0.717) is 11.5 Å². The molecule has 6 rings (SSSR count). The molecule has 2 aromatic heterocycles. The number of carboxylic acids is 1. The molecule has 0 aliphatic carbocycles. The van der Waals surface area contributed by atoms with Crippen molar-refractivity contribution in [2.45, 2.75) is 51.8 Å². The second-order valence-corrected chi connectivity index (χ2v) is 8.38. The van der Waals surface area contributed by atoms with Gasteiger partial charge in [-0.15, -0.1) is 0 Å². The van der Waals surface area contributed by atoms with Crippen molar-refractivity contribution in [2.24, 2.45) is 17.6 Å². The van der Waals surface area contributed by atoms with E-state index in [1.807, 2.05) is 0 Å². The molecule has 6 heterocycles. The number of nitrogens with zero attached hydrogens (tertiary/aromatic N) is 3. The number of aromatic amines is 1. The Morgan fingerprint density at radius 3 is 2.62 bits per heavy atom. The van der Waals surface area contributed by atoms with Crippen molar-refractivity contribution in [3.8, 4) is 6.07 Å². The molecule has 2 bridgehead atoms. The van der Waals surface area contributed by atoms with E-state index in [9.17, 15) is 9.18 Å². The van der Waals surface area contributed by atoms with E-state index in [0.717, 1.165) is 35.3 Å². The van der Waals surface area contributed by atoms with Crippen LogP contribution in [-0.2, 0) is 4.79 Å². The van der Waals surface area contributed by atoms with Crippen molar-refractivity contribution in [1.29, 1.82) is 5.26 Å². The number of carbonyl (C=O) groups is 1. The minimum Gasteiger partial charge on any atom is -0.481 e. The Morgan fingerprint density at radius 2 is 2.09 bits per heavy atom. The number of aliphatic carboxylic acids is 1. The van der Waals surface area contributed by atoms with Crippen LogP contribution in [0.2, 0.25) is 19.0 Å². The number of allylic oxidation sites excluding steroid dienone is 2. The number of carboxylic acid groups (broad SMARTS) is 1. The Morgan fingerprint density at radius 1 is 1.41 bits per heavy atom. The topological polar surface area (TPSA) is 141 Å². The van der Waals surface area contributed by atoms with E-state index < -0.39 is 12.1 Å². The lowest BCUT2D eigenvalue weighted by atomic mass is 9.31. The van der Waals surface area contributed by atoms with Crippen LogP contribution >= 0.6 is 0 Å². The minimum absolute atomic E-state index is 0.00231. The number of hydrogen-bond acceptors (Lipinski definition) is 6. The number of fused-ring (bicyclic) bond motifs is 4. The third kappa shape index (κ3) is 5.17. The van der Waals surface area contributed by atoms with Gasteiger partial charge in [-0.3, -0.25) is 4.79 Å². The average molecular weight is 438 g/mol. The number of H-pyrrole nitrogens is 1. The summed E-state index contributed by atoms with van der Waals surface area (Å²) >= 11 is 0. The number of aromatic nitrogens is 3. The summed E-state index contributed by atoms with van der Waals surface area (Å²) in [4.78, 5) is 21.9. The fourth-order valence-corrected chi connectivity index (χ4v) is 4.72. The minimum atomic E-state index is -0.806. The molecule has 0 spiro atoms. The number of nitrogens with one attached hydrogen (secondary N) is 2. The first-order valence-corrected chi connectivity index (χ1v) is 10.8. The first-order valence-electron chi connectivity index (χ1n) is 10.8. The molecule has 2 unspecified atom stereocenters. The molecule has 4 aliphatic rings. The third-order valence-corrected chi connectivity index (χ3v) is 6.33. The van der Waals surface area contributed by atoms with Gasteiger partial charge >= 0.3 is 5.97 Å². The molecule has 5 N–H and O–H groups in total. The Hall–Kier alpha value is -3.19. The van der Waals surface area contributed by atoms with Crippen LogP contribution in [0.4, 0.5) is 4.39 Å². The van der Waals surface area contributed by atoms with Crippen molar-refractivity contribution in [1.82, 2.24) is 20.3 Å². The molecule has 10 heteroatoms. The fraction of sp³-hybridized carbons (Fsp3) is 0.455. The molecule has 0 amide bonds. The van der Waals surface area contributed by atoms with Crippen molar-refractivity contribution in [3.05, 3.63) is 41.8 Å². The third-order valence-electron chi connectivity index (χ3n) is 6.33. The summed E-state index contributed by atoms with van der Waals surface area (Å²) in [7, 11) is 0. The predicted molar refractivity (Wildman–Crippen MR) is 122 cm³/mol. The largest absolute Gasteiger partial charge is 0.481 e. The van der Waals surface area contributed by atoms with Gasteiger partial charge in [-0.25, -0.2) is 14.4 Å². The molecule has 0 saturated carbocycles. The molecule has 2 aromatic rings. The Bertz CT molecular complexity index is 1070. The summed E-state index contributed by atoms with van der Waals surface area (Å²) in [5, 5.41) is 20.0. The smallest absolute Gasteiger partial charge is 0.306 e. The van der Waals surface area contributed by atoms with Crippen LogP contribution in [0, 0.1) is 23.2 Å². The number of rotatable bonds is 2. The van der Waals surface area contributed by atoms with Gasteiger partial charge in [0, 0.05) is 36.0 Å². The van der Waals surface area contributed by atoms with Crippen LogP contribution in [0.15, 0.2) is 36.2 Å². The van der Waals surface area contributed by atoms with Gasteiger partial charge in [0.1, 0.15) is 30.7 Å². The monoisotopic (exact) mass is 438 g/mol. The lowest BCUT2D eigenvalue weighted by molar-refractivity contribution is -0.143. The summed E-state index contributed by atoms with van der Waals surface area (Å²) in [6.45, 7) is 3.86. The van der Waals surface area contributed by atoms with E-state index in [4.69, 9.17) is 16.1 Å². The van der Waals surface area contributed by atoms with E-state index >= 15 is 0 Å². The summed E-state index contributed by atoms with van der Waals surface area (Å²) in [5.74, 6) is -0.380. The number of hydrogen-bond donors (Lipinski definition) is 4. The Labute approximate surface area is 186 Å². The first kappa shape index (κ1) is 23.5. The second-order valence-electron chi connectivity index (χ2n) is 8.38. The van der Waals surface area contributed by atoms with Crippen molar-refractivity contribution < 1.29 is 14.3 Å². The molecule has 4 aliphatic heterocycles. The van der Waals surface area contributed by atoms with Gasteiger partial charge in [0.25, 0.3) is 0 Å². The van der Waals surface area contributed by atoms with E-state index in [-0.39, 0.29) is 11.7 Å². The van der Waals surface area contributed by atoms with Crippen molar-refractivity contribution >= 4 is 29.4 Å². The molecule has 32 heavy (non-hydrogen) atoms. The average Bonchev–Trinajstić information content (AvgIpc) is 3.23. The van der Waals surface area contributed by atoms with Gasteiger partial charge in [-0.05, 0) is 24.5 Å². The molecule has 3 saturated heterocycles. The fourth-order valence-electron chi connectivity index (χ4n) is 4.72. The number of dihydropyridines is 1. The highest BCUT2D eigenvalue weighted by Gasteiger charge is 2.40.